The molecule has 3 aromatic carbocycles. The maximum Gasteiger partial charge on any atom is 0.336 e. The third-order valence-corrected chi connectivity index (χ3v) is 10.3. The molecule has 7 atom stereocenters. The summed E-state index contributed by atoms with van der Waals surface area (Å²) in [6, 6.07) is 15.7. The number of aliphatic hydroxyl groups excluding tert-OH is 1. The van der Waals surface area contributed by atoms with Crippen LogP contribution in [0.4, 0.5) is 0 Å². The third-order valence-electron chi connectivity index (χ3n) is 10.3. The molecule has 0 aromatic heterocycles. The first-order valence-electron chi connectivity index (χ1n) is 16.4. The number of hydrogen-bond donors (Lipinski definition) is 9. The van der Waals surface area contributed by atoms with Crippen LogP contribution in [0.25, 0.3) is 12.2 Å². The summed E-state index contributed by atoms with van der Waals surface area (Å²) >= 11 is 0. The molecule has 15 nitrogen and oxygen atoms in total. The van der Waals surface area contributed by atoms with Crippen molar-refractivity contribution in [3.63, 3.8) is 0 Å². The van der Waals surface area contributed by atoms with Crippen molar-refractivity contribution in [3.05, 3.63) is 107 Å². The summed E-state index contributed by atoms with van der Waals surface area (Å²) in [7, 11) is 1.31. The van der Waals surface area contributed by atoms with Gasteiger partial charge >= 0.3 is 17.9 Å². The first-order chi connectivity index (χ1) is 25.1. The Bertz CT molecular complexity index is 2030. The molecule has 15 heteroatoms. The van der Waals surface area contributed by atoms with E-state index in [1.54, 1.807) is 30.3 Å². The molecule has 7 rings (SSSR count). The number of fused-ring (bicyclic) bond motifs is 1. The van der Waals surface area contributed by atoms with Crippen molar-refractivity contribution in [2.75, 3.05) is 13.7 Å². The number of likely N-dealkylation sites (N-methyl/N-ethyl adjacent to an activating group) is 1. The van der Waals surface area contributed by atoms with E-state index in [0.29, 0.717) is 5.56 Å². The number of carbonyl (C=O) groups excluding carboxylic acids is 2. The first-order valence-corrected chi connectivity index (χ1v) is 16.4. The number of aliphatic hydroxyl groups is 3. The van der Waals surface area contributed by atoms with Crippen LogP contribution >= 0.6 is 0 Å². The highest BCUT2D eigenvalue weighted by Gasteiger charge is 2.85. The van der Waals surface area contributed by atoms with E-state index in [9.17, 15) is 55.2 Å². The number of carboxylic acid groups (broad SMARTS) is 1. The fourth-order valence-corrected chi connectivity index (χ4v) is 7.67. The van der Waals surface area contributed by atoms with Crippen LogP contribution < -0.4 is 5.32 Å². The van der Waals surface area contributed by atoms with Gasteiger partial charge in [-0.2, -0.15) is 0 Å². The van der Waals surface area contributed by atoms with Crippen LogP contribution in [0.3, 0.4) is 0 Å². The number of aliphatic carboxylic acids is 1. The van der Waals surface area contributed by atoms with Crippen LogP contribution in [-0.2, 0) is 35.0 Å². The van der Waals surface area contributed by atoms with E-state index in [1.165, 1.54) is 49.5 Å². The Kier molecular flexibility index (Phi) is 9.47. The number of hydrogen-bond acceptors (Lipinski definition) is 14. The van der Waals surface area contributed by atoms with E-state index in [-0.39, 0.29) is 24.2 Å². The van der Waals surface area contributed by atoms with Crippen molar-refractivity contribution in [1.82, 2.24) is 5.32 Å². The molecule has 2 aliphatic carbocycles. The molecular weight excluding hydrogens is 694 g/mol. The summed E-state index contributed by atoms with van der Waals surface area (Å²) in [5.74, 6) is -9.54. The van der Waals surface area contributed by atoms with E-state index in [0.717, 1.165) is 24.3 Å². The van der Waals surface area contributed by atoms with Crippen molar-refractivity contribution < 1.29 is 69.4 Å². The normalized spacial score (nSPS) is 30.5. The van der Waals surface area contributed by atoms with Gasteiger partial charge in [0.1, 0.15) is 5.76 Å². The standard InChI is InChI=1S/C38H37NO14/c1-39-38(50)24-18-30(44)36(51-19-24)20-35(49,34(47)48)25(15-21-5-3-2-4-6-21)33(52-31(45)13-9-22-7-11-26(40)28(42)16-22)37(36,38)53-32(46)14-10-23-8-12-27(41)29(43)17-23/h2-14,16-18,24-25,33,39-44,49-50H,15,19-20H2,1H3,(H,47,48)/t24-,25+,33-,35-,36-,37-,38-/m1/s1. The molecule has 278 valence electrons. The van der Waals surface area contributed by atoms with Gasteiger partial charge in [-0.05, 0) is 72.7 Å². The molecule has 53 heavy (non-hydrogen) atoms. The molecule has 1 saturated heterocycles. The average Bonchev–Trinajstić information content (AvgIpc) is 3.13. The van der Waals surface area contributed by atoms with Gasteiger partial charge < -0.3 is 55.1 Å². The van der Waals surface area contributed by atoms with E-state index in [2.05, 4.69) is 5.32 Å². The zero-order chi connectivity index (χ0) is 38.3. The maximum atomic E-state index is 13.9. The van der Waals surface area contributed by atoms with Crippen LogP contribution in [0.1, 0.15) is 23.1 Å². The van der Waals surface area contributed by atoms with E-state index >= 15 is 0 Å². The molecule has 2 heterocycles. The maximum absolute atomic E-state index is 13.9. The Labute approximate surface area is 301 Å². The largest absolute Gasteiger partial charge is 0.509 e. The number of esters is 2. The monoisotopic (exact) mass is 731 g/mol. The van der Waals surface area contributed by atoms with Gasteiger partial charge in [-0.15, -0.1) is 0 Å². The van der Waals surface area contributed by atoms with Crippen molar-refractivity contribution in [1.29, 1.82) is 0 Å². The lowest BCUT2D eigenvalue weighted by atomic mass is 9.49. The number of carbonyl (C=O) groups is 3. The zero-order valence-electron chi connectivity index (χ0n) is 28.1. The minimum absolute atomic E-state index is 0.233. The number of phenolic OH excluding ortho intramolecular Hbond substituents is 4. The SMILES string of the molecule is CN[C@@]1(O)[C@@H]2C=C(O)[C@@]3(C[C@](O)(C(=O)O)[C@@H](Cc4ccccc4)[C@@H](OC(=O)C=Cc4ccc(O)c(O)c4)[C@]13OC(=O)C=Cc1ccc(O)c(O)c1)OC2. The molecule has 3 aromatic rings. The lowest BCUT2D eigenvalue weighted by Crippen LogP contribution is -2.90. The Balaban J connectivity index is 1.54. The smallest absolute Gasteiger partial charge is 0.336 e. The number of phenols is 4. The summed E-state index contributed by atoms with van der Waals surface area (Å²) in [5.41, 5.74) is -9.62. The predicted molar refractivity (Wildman–Crippen MR) is 184 cm³/mol. The van der Waals surface area contributed by atoms with Crippen molar-refractivity contribution in [2.24, 2.45) is 11.8 Å². The Morgan fingerprint density at radius 3 is 1.96 bits per heavy atom. The fraction of sp³-hybridized carbons (Fsp3) is 0.289. The minimum Gasteiger partial charge on any atom is -0.509 e. The van der Waals surface area contributed by atoms with E-state index in [1.807, 2.05) is 0 Å². The Morgan fingerprint density at radius 2 is 1.43 bits per heavy atom. The zero-order valence-corrected chi connectivity index (χ0v) is 28.1. The second-order valence-electron chi connectivity index (χ2n) is 13.2. The highest BCUT2D eigenvalue weighted by atomic mass is 16.6. The van der Waals surface area contributed by atoms with Gasteiger partial charge in [-0.25, -0.2) is 14.4 Å². The van der Waals surface area contributed by atoms with Crippen LogP contribution in [0.2, 0.25) is 0 Å². The predicted octanol–water partition coefficient (Wildman–Crippen LogP) is 2.26. The number of benzene rings is 3. The molecule has 0 amide bonds. The molecular formula is C38H37NO14. The van der Waals surface area contributed by atoms with E-state index in [4.69, 9.17) is 14.2 Å². The summed E-state index contributed by atoms with van der Waals surface area (Å²) < 4.78 is 18.3. The first kappa shape index (κ1) is 36.9. The van der Waals surface area contributed by atoms with Gasteiger partial charge in [-0.3, -0.25) is 5.32 Å². The number of ether oxygens (including phenoxy) is 3. The number of nitrogens with one attached hydrogen (secondary N) is 1. The minimum atomic E-state index is -2.86. The van der Waals surface area contributed by atoms with Gasteiger partial charge in [0, 0.05) is 24.5 Å². The van der Waals surface area contributed by atoms with Gasteiger partial charge in [0.15, 0.2) is 46.0 Å². The summed E-state index contributed by atoms with van der Waals surface area (Å²) in [6.07, 6.45) is 2.01. The summed E-state index contributed by atoms with van der Waals surface area (Å²) in [5, 5.41) is 89.2. The lowest BCUT2D eigenvalue weighted by molar-refractivity contribution is -0.387. The van der Waals surface area contributed by atoms with Gasteiger partial charge in [0.05, 0.1) is 12.5 Å². The Morgan fingerprint density at radius 1 is 0.849 bits per heavy atom. The highest BCUT2D eigenvalue weighted by molar-refractivity contribution is 5.89. The molecule has 1 saturated carbocycles. The van der Waals surface area contributed by atoms with Crippen molar-refractivity contribution >= 4 is 30.1 Å². The molecule has 2 aliphatic heterocycles. The molecule has 4 aliphatic rings. The number of carboxylic acids is 1. The van der Waals surface area contributed by atoms with Crippen LogP contribution in [0.15, 0.2) is 90.7 Å². The average molecular weight is 732 g/mol. The van der Waals surface area contributed by atoms with Crippen molar-refractivity contribution in [3.8, 4) is 23.0 Å². The summed E-state index contributed by atoms with van der Waals surface area (Å²) in [6.45, 7) is -0.354. The van der Waals surface area contributed by atoms with Crippen molar-refractivity contribution in [2.45, 2.75) is 41.5 Å². The highest BCUT2D eigenvalue weighted by Crippen LogP contribution is 2.63. The third kappa shape index (κ3) is 6.02. The Hall–Kier alpha value is -5.87. The molecule has 2 bridgehead atoms. The fourth-order valence-electron chi connectivity index (χ4n) is 7.67. The molecule has 0 unspecified atom stereocenters. The topological polar surface area (TPSA) is 253 Å². The van der Waals surface area contributed by atoms with Gasteiger partial charge in [-0.1, -0.05) is 42.5 Å². The molecule has 0 radical (unpaired) electrons. The quantitative estimate of drug-likeness (QED) is 0.0628. The summed E-state index contributed by atoms with van der Waals surface area (Å²) in [4.78, 5) is 40.9. The second-order valence-corrected chi connectivity index (χ2v) is 13.2. The number of aromatic hydroxyl groups is 4. The second kappa shape index (κ2) is 13.6. The van der Waals surface area contributed by atoms with Crippen LogP contribution in [0, 0.1) is 11.8 Å². The van der Waals surface area contributed by atoms with E-state index < -0.39 is 93.6 Å². The van der Waals surface area contributed by atoms with Crippen LogP contribution in [0.5, 0.6) is 23.0 Å². The molecule has 2 fully saturated rings. The lowest BCUT2D eigenvalue weighted by Gasteiger charge is -2.69. The number of rotatable bonds is 10. The van der Waals surface area contributed by atoms with Gasteiger partial charge in [0.2, 0.25) is 5.60 Å². The van der Waals surface area contributed by atoms with Gasteiger partial charge in [0.25, 0.3) is 0 Å². The van der Waals surface area contributed by atoms with Crippen LogP contribution in [-0.4, -0.2) is 101 Å². The molecule has 1 spiro atoms. The molecule has 9 N–H and O–H groups in total.